The van der Waals surface area contributed by atoms with Crippen LogP contribution in [0.4, 0.5) is 0 Å². The van der Waals surface area contributed by atoms with Crippen molar-refractivity contribution in [3.05, 3.63) is 28.8 Å². The molecule has 0 bridgehead atoms. The van der Waals surface area contributed by atoms with Crippen LogP contribution >= 0.6 is 0 Å². The van der Waals surface area contributed by atoms with E-state index in [1.807, 2.05) is 0 Å². The zero-order chi connectivity index (χ0) is 10.3. The summed E-state index contributed by atoms with van der Waals surface area (Å²) >= 11 is 0. The second-order valence-electron chi connectivity index (χ2n) is 3.19. The Bertz CT molecular complexity index is 446. The van der Waals surface area contributed by atoms with Crippen LogP contribution < -0.4 is 0 Å². The number of benzene rings is 1. The van der Waals surface area contributed by atoms with Crippen LogP contribution in [0.3, 0.4) is 0 Å². The number of phenolic OH excluding ortho intramolecular Hbond substituents is 2. The zero-order valence-corrected chi connectivity index (χ0v) is 7.19. The molecule has 1 aliphatic rings. The molecule has 0 aliphatic heterocycles. The van der Waals surface area contributed by atoms with Gasteiger partial charge in [-0.1, -0.05) is 0 Å². The van der Waals surface area contributed by atoms with Crippen LogP contribution in [-0.4, -0.2) is 21.3 Å². The highest BCUT2D eigenvalue weighted by molar-refractivity contribution is 5.95. The summed E-state index contributed by atoms with van der Waals surface area (Å²) in [5.74, 6) is -1.42. The third kappa shape index (κ3) is 1.21. The Balaban J connectivity index is 2.47. The molecule has 0 saturated heterocycles. The van der Waals surface area contributed by atoms with E-state index in [1.165, 1.54) is 18.2 Å². The van der Waals surface area contributed by atoms with E-state index in [-0.39, 0.29) is 17.1 Å². The molecule has 72 valence electrons. The highest BCUT2D eigenvalue weighted by atomic mass is 16.4. The minimum atomic E-state index is -0.972. The fourth-order valence-electron chi connectivity index (χ4n) is 1.50. The molecule has 1 aromatic carbocycles. The molecule has 4 nitrogen and oxygen atoms in total. The minimum Gasteiger partial charge on any atom is -0.504 e. The molecule has 0 atom stereocenters. The van der Waals surface area contributed by atoms with Crippen molar-refractivity contribution in [2.24, 2.45) is 0 Å². The smallest absolute Gasteiger partial charge is 0.331 e. The lowest BCUT2D eigenvalue weighted by atomic mass is 10.1. The van der Waals surface area contributed by atoms with Crippen LogP contribution in [0.1, 0.15) is 11.1 Å². The quantitative estimate of drug-likeness (QED) is 0.582. The van der Waals surface area contributed by atoms with E-state index in [4.69, 9.17) is 5.11 Å². The molecule has 0 heterocycles. The van der Waals surface area contributed by atoms with E-state index >= 15 is 0 Å². The predicted molar refractivity (Wildman–Crippen MR) is 49.1 cm³/mol. The van der Waals surface area contributed by atoms with Gasteiger partial charge < -0.3 is 15.3 Å². The molecule has 2 rings (SSSR count). The van der Waals surface area contributed by atoms with Gasteiger partial charge in [0.2, 0.25) is 0 Å². The van der Waals surface area contributed by atoms with Gasteiger partial charge in [-0.25, -0.2) is 4.79 Å². The summed E-state index contributed by atoms with van der Waals surface area (Å²) in [5.41, 5.74) is 1.64. The molecule has 0 unspecified atom stereocenters. The largest absolute Gasteiger partial charge is 0.504 e. The van der Waals surface area contributed by atoms with E-state index in [1.54, 1.807) is 0 Å². The lowest BCUT2D eigenvalue weighted by Gasteiger charge is -2.01. The summed E-state index contributed by atoms with van der Waals surface area (Å²) < 4.78 is 0. The summed E-state index contributed by atoms with van der Waals surface area (Å²) in [6.45, 7) is 0. The van der Waals surface area contributed by atoms with Crippen molar-refractivity contribution < 1.29 is 20.1 Å². The Morgan fingerprint density at radius 1 is 1.21 bits per heavy atom. The average molecular weight is 192 g/mol. The molecular weight excluding hydrogens is 184 g/mol. The van der Waals surface area contributed by atoms with Crippen molar-refractivity contribution in [2.45, 2.75) is 6.42 Å². The number of hydrogen-bond acceptors (Lipinski definition) is 3. The van der Waals surface area contributed by atoms with Crippen molar-refractivity contribution in [3.8, 4) is 11.5 Å². The lowest BCUT2D eigenvalue weighted by molar-refractivity contribution is -0.132. The Hall–Kier alpha value is -1.97. The van der Waals surface area contributed by atoms with Crippen LogP contribution in [0.2, 0.25) is 0 Å². The Kier molecular flexibility index (Phi) is 1.70. The van der Waals surface area contributed by atoms with Gasteiger partial charge in [0.05, 0.1) is 0 Å². The number of rotatable bonds is 1. The fraction of sp³-hybridized carbons (Fsp3) is 0.100. The zero-order valence-electron chi connectivity index (χ0n) is 7.19. The van der Waals surface area contributed by atoms with E-state index in [0.29, 0.717) is 12.0 Å². The summed E-state index contributed by atoms with van der Waals surface area (Å²) in [5, 5.41) is 27.1. The summed E-state index contributed by atoms with van der Waals surface area (Å²) in [7, 11) is 0. The molecular formula is C10H8O4. The van der Waals surface area contributed by atoms with Crippen LogP contribution in [-0.2, 0) is 11.2 Å². The maximum absolute atomic E-state index is 10.6. The first-order valence-electron chi connectivity index (χ1n) is 4.06. The highest BCUT2D eigenvalue weighted by Crippen LogP contribution is 2.34. The highest BCUT2D eigenvalue weighted by Gasteiger charge is 2.19. The molecule has 0 spiro atoms. The Morgan fingerprint density at radius 2 is 1.86 bits per heavy atom. The molecule has 4 heteroatoms. The fourth-order valence-corrected chi connectivity index (χ4v) is 1.50. The monoisotopic (exact) mass is 192 g/mol. The lowest BCUT2D eigenvalue weighted by Crippen LogP contribution is -1.99. The van der Waals surface area contributed by atoms with Crippen LogP contribution in [0.15, 0.2) is 17.7 Å². The van der Waals surface area contributed by atoms with Gasteiger partial charge >= 0.3 is 5.97 Å². The molecule has 3 N–H and O–H groups in total. The molecule has 14 heavy (non-hydrogen) atoms. The van der Waals surface area contributed by atoms with Crippen molar-refractivity contribution in [3.63, 3.8) is 0 Å². The average Bonchev–Trinajstić information content (AvgIpc) is 2.48. The molecule has 1 aliphatic carbocycles. The van der Waals surface area contributed by atoms with Crippen LogP contribution in [0.5, 0.6) is 11.5 Å². The maximum atomic E-state index is 10.6. The van der Waals surface area contributed by atoms with E-state index < -0.39 is 5.97 Å². The van der Waals surface area contributed by atoms with Crippen molar-refractivity contribution in [1.82, 2.24) is 0 Å². The Labute approximate surface area is 79.7 Å². The number of fused-ring (bicyclic) bond motifs is 1. The van der Waals surface area contributed by atoms with Crippen molar-refractivity contribution in [2.75, 3.05) is 0 Å². The second kappa shape index (κ2) is 2.77. The molecule has 1 aromatic rings. The molecule has 0 aromatic heterocycles. The van der Waals surface area contributed by atoms with Gasteiger partial charge in [-0.3, -0.25) is 0 Å². The van der Waals surface area contributed by atoms with E-state index in [2.05, 4.69) is 0 Å². The topological polar surface area (TPSA) is 77.8 Å². The van der Waals surface area contributed by atoms with Crippen molar-refractivity contribution >= 4 is 12.0 Å². The first kappa shape index (κ1) is 8.62. The predicted octanol–water partition coefficient (Wildman–Crippen LogP) is 1.12. The van der Waals surface area contributed by atoms with Gasteiger partial charge in [0.1, 0.15) is 0 Å². The third-order valence-electron chi connectivity index (χ3n) is 2.22. The van der Waals surface area contributed by atoms with Crippen LogP contribution in [0.25, 0.3) is 6.08 Å². The summed E-state index contributed by atoms with van der Waals surface area (Å²) in [6, 6.07) is 2.75. The summed E-state index contributed by atoms with van der Waals surface area (Å²) in [6.07, 6.45) is 1.79. The van der Waals surface area contributed by atoms with Gasteiger partial charge in [0.25, 0.3) is 0 Å². The second-order valence-corrected chi connectivity index (χ2v) is 3.19. The molecule has 0 radical (unpaired) electrons. The number of phenols is 2. The molecule has 0 saturated carbocycles. The number of carbonyl (C=O) groups is 1. The first-order valence-corrected chi connectivity index (χ1v) is 4.06. The Morgan fingerprint density at radius 3 is 2.50 bits per heavy atom. The third-order valence-corrected chi connectivity index (χ3v) is 2.22. The number of carboxylic acids is 1. The number of aromatic hydroxyl groups is 2. The number of hydrogen-bond donors (Lipinski definition) is 3. The first-order chi connectivity index (χ1) is 6.58. The maximum Gasteiger partial charge on any atom is 0.331 e. The van der Waals surface area contributed by atoms with Gasteiger partial charge in [-0.2, -0.15) is 0 Å². The van der Waals surface area contributed by atoms with Gasteiger partial charge in [-0.05, 0) is 29.3 Å². The molecule has 0 amide bonds. The standard InChI is InChI=1S/C10H8O4/c11-8-3-5-1-7(10(13)14)2-6(5)4-9(8)12/h1,3-4,11-12H,2H2,(H,13,14). The van der Waals surface area contributed by atoms with Gasteiger partial charge in [0, 0.05) is 12.0 Å². The normalized spacial score (nSPS) is 13.6. The number of carboxylic acid groups (broad SMARTS) is 1. The molecule has 0 fully saturated rings. The van der Waals surface area contributed by atoms with Gasteiger partial charge in [0.15, 0.2) is 11.5 Å². The SMILES string of the molecule is O=C(O)C1=Cc2cc(O)c(O)cc2C1. The summed E-state index contributed by atoms with van der Waals surface area (Å²) in [4.78, 5) is 10.6. The number of aliphatic carboxylic acids is 1. The van der Waals surface area contributed by atoms with E-state index in [9.17, 15) is 15.0 Å². The van der Waals surface area contributed by atoms with Crippen molar-refractivity contribution in [1.29, 1.82) is 0 Å². The minimum absolute atomic E-state index is 0.219. The van der Waals surface area contributed by atoms with Crippen LogP contribution in [0, 0.1) is 0 Å². The van der Waals surface area contributed by atoms with Gasteiger partial charge in [-0.15, -0.1) is 0 Å². The van der Waals surface area contributed by atoms with E-state index in [0.717, 1.165) is 5.56 Å².